The lowest BCUT2D eigenvalue weighted by atomic mass is 9.93. The van der Waals surface area contributed by atoms with Gasteiger partial charge in [-0.3, -0.25) is 9.59 Å². The predicted molar refractivity (Wildman–Crippen MR) is 172 cm³/mol. The molecule has 3 aliphatic heterocycles. The number of aliphatic hydroxyl groups is 1. The third-order valence-electron chi connectivity index (χ3n) is 9.60. The number of aryl methyl sites for hydroxylation is 1. The summed E-state index contributed by atoms with van der Waals surface area (Å²) >= 11 is 0. The Labute approximate surface area is 272 Å². The Bertz CT molecular complexity index is 1780. The topological polar surface area (TPSA) is 129 Å². The van der Waals surface area contributed by atoms with Crippen molar-refractivity contribution in [2.75, 3.05) is 39.7 Å². The smallest absolute Gasteiger partial charge is 0.262 e. The van der Waals surface area contributed by atoms with Gasteiger partial charge in [0, 0.05) is 55.7 Å². The SMILES string of the molecule is COc1nc(-c2cccc(-c3cccc(NC(=O)C4=CN(C)C5OC5N(C)C4=O)c3F)c2C)cc2c1C(NC1CCOCC1O)CC2. The first-order valence-corrected chi connectivity index (χ1v) is 15.8. The lowest BCUT2D eigenvalue weighted by Crippen LogP contribution is -2.47. The molecule has 3 N–H and O–H groups in total. The Morgan fingerprint density at radius 2 is 1.87 bits per heavy atom. The Morgan fingerprint density at radius 1 is 1.11 bits per heavy atom. The zero-order valence-corrected chi connectivity index (χ0v) is 26.7. The van der Waals surface area contributed by atoms with Crippen molar-refractivity contribution in [2.45, 2.75) is 56.8 Å². The number of aliphatic hydroxyl groups excluding tert-OH is 1. The number of anilines is 1. The summed E-state index contributed by atoms with van der Waals surface area (Å²) in [5.74, 6) is -1.29. The molecule has 4 aliphatic rings. The molecule has 7 rings (SSSR count). The van der Waals surface area contributed by atoms with Crippen molar-refractivity contribution in [1.82, 2.24) is 20.1 Å². The average Bonchev–Trinajstić information content (AvgIpc) is 3.79. The van der Waals surface area contributed by atoms with Crippen LogP contribution in [-0.2, 0) is 25.5 Å². The van der Waals surface area contributed by atoms with Gasteiger partial charge < -0.3 is 39.8 Å². The van der Waals surface area contributed by atoms with Gasteiger partial charge in [0.15, 0.2) is 18.3 Å². The Morgan fingerprint density at radius 3 is 2.66 bits per heavy atom. The maximum absolute atomic E-state index is 16.1. The van der Waals surface area contributed by atoms with Gasteiger partial charge >= 0.3 is 0 Å². The number of fused-ring (bicyclic) bond motifs is 2. The van der Waals surface area contributed by atoms with Crippen molar-refractivity contribution < 1.29 is 33.3 Å². The number of epoxide rings is 1. The summed E-state index contributed by atoms with van der Waals surface area (Å²) in [5.41, 5.74) is 5.29. The van der Waals surface area contributed by atoms with Crippen LogP contribution in [0.15, 0.2) is 54.2 Å². The number of nitrogens with one attached hydrogen (secondary N) is 2. The molecule has 11 nitrogen and oxygen atoms in total. The summed E-state index contributed by atoms with van der Waals surface area (Å²) in [6.45, 7) is 2.85. The number of rotatable bonds is 7. The lowest BCUT2D eigenvalue weighted by Gasteiger charge is -2.31. The van der Waals surface area contributed by atoms with Gasteiger partial charge in [-0.05, 0) is 55.0 Å². The van der Waals surface area contributed by atoms with Gasteiger partial charge in [0.1, 0.15) is 5.57 Å². The minimum absolute atomic E-state index is 0.00240. The highest BCUT2D eigenvalue weighted by Crippen LogP contribution is 2.42. The number of carbonyl (C=O) groups is 2. The zero-order chi connectivity index (χ0) is 33.0. The van der Waals surface area contributed by atoms with Gasteiger partial charge in [0.25, 0.3) is 11.8 Å². The molecule has 0 spiro atoms. The van der Waals surface area contributed by atoms with Gasteiger partial charge in [-0.1, -0.05) is 30.3 Å². The molecule has 1 aromatic heterocycles. The number of amides is 2. The van der Waals surface area contributed by atoms with E-state index in [0.29, 0.717) is 35.9 Å². The molecule has 5 unspecified atom stereocenters. The normalized spacial score (nSPS) is 25.1. The van der Waals surface area contributed by atoms with Gasteiger partial charge in [-0.15, -0.1) is 0 Å². The fourth-order valence-electron chi connectivity index (χ4n) is 6.94. The fourth-order valence-corrected chi connectivity index (χ4v) is 6.94. The zero-order valence-electron chi connectivity index (χ0n) is 26.7. The summed E-state index contributed by atoms with van der Waals surface area (Å²) in [4.78, 5) is 34.1. The van der Waals surface area contributed by atoms with Crippen LogP contribution in [0, 0.1) is 12.7 Å². The molecule has 47 heavy (non-hydrogen) atoms. The van der Waals surface area contributed by atoms with Crippen molar-refractivity contribution in [2.24, 2.45) is 0 Å². The molecule has 2 saturated heterocycles. The molecular formula is C35H38FN5O6. The number of benzene rings is 2. The molecule has 4 heterocycles. The van der Waals surface area contributed by atoms with Crippen LogP contribution in [0.4, 0.5) is 10.1 Å². The lowest BCUT2D eigenvalue weighted by molar-refractivity contribution is -0.129. The van der Waals surface area contributed by atoms with Crippen LogP contribution in [0.25, 0.3) is 22.4 Å². The van der Waals surface area contributed by atoms with E-state index in [2.05, 4.69) is 16.7 Å². The van der Waals surface area contributed by atoms with Crippen LogP contribution in [0.5, 0.6) is 5.88 Å². The maximum Gasteiger partial charge on any atom is 0.262 e. The van der Waals surface area contributed by atoms with E-state index in [4.69, 9.17) is 19.2 Å². The molecule has 2 amide bonds. The van der Waals surface area contributed by atoms with Crippen molar-refractivity contribution in [1.29, 1.82) is 0 Å². The fraction of sp³-hybridized carbons (Fsp3) is 0.400. The molecule has 0 bridgehead atoms. The largest absolute Gasteiger partial charge is 0.481 e. The molecule has 3 aromatic rings. The Balaban J connectivity index is 1.17. The minimum Gasteiger partial charge on any atom is -0.481 e. The van der Waals surface area contributed by atoms with E-state index >= 15 is 4.39 Å². The first-order valence-electron chi connectivity index (χ1n) is 15.8. The number of ether oxygens (including phenoxy) is 3. The summed E-state index contributed by atoms with van der Waals surface area (Å²) in [7, 11) is 4.90. The van der Waals surface area contributed by atoms with E-state index in [1.165, 1.54) is 17.2 Å². The molecule has 0 radical (unpaired) electrons. The minimum atomic E-state index is -0.704. The molecule has 2 aromatic carbocycles. The first-order chi connectivity index (χ1) is 22.7. The van der Waals surface area contributed by atoms with E-state index < -0.39 is 30.0 Å². The van der Waals surface area contributed by atoms with E-state index in [1.54, 1.807) is 38.2 Å². The standard InChI is InChI=1S/C35H38FN5O6/c1-18-20(22-9-6-10-26(30(22)36)38-31(43)23-16-40(2)34-35(47-34)41(3)33(23)44)7-5-8-21(18)27-15-19-11-12-25(29(19)32(39-27)45-4)37-24-13-14-46-17-28(24)42/h5-10,15-16,24-25,28,34-35,37,42H,11-14,17H2,1-4H3,(H,38,43). The average molecular weight is 644 g/mol. The van der Waals surface area contributed by atoms with Crippen LogP contribution in [0.2, 0.25) is 0 Å². The third kappa shape index (κ3) is 5.65. The molecule has 1 aliphatic carbocycles. The quantitative estimate of drug-likeness (QED) is 0.262. The van der Waals surface area contributed by atoms with E-state index in [-0.39, 0.29) is 29.6 Å². The number of methoxy groups -OCH3 is 1. The number of halogens is 1. The number of carbonyl (C=O) groups excluding carboxylic acids is 2. The van der Waals surface area contributed by atoms with Gasteiger partial charge in [-0.2, -0.15) is 0 Å². The third-order valence-corrected chi connectivity index (χ3v) is 9.60. The summed E-state index contributed by atoms with van der Waals surface area (Å²) in [5, 5.41) is 16.6. The number of hydrogen-bond donors (Lipinski definition) is 3. The Kier molecular flexibility index (Phi) is 8.21. The molecule has 0 saturated carbocycles. The highest BCUT2D eigenvalue weighted by molar-refractivity contribution is 6.22. The highest BCUT2D eigenvalue weighted by atomic mass is 19.1. The highest BCUT2D eigenvalue weighted by Gasteiger charge is 2.50. The van der Waals surface area contributed by atoms with Gasteiger partial charge in [-0.25, -0.2) is 9.37 Å². The van der Waals surface area contributed by atoms with E-state index in [0.717, 1.165) is 41.5 Å². The van der Waals surface area contributed by atoms with Gasteiger partial charge in [0.05, 0.1) is 31.2 Å². The summed E-state index contributed by atoms with van der Waals surface area (Å²) < 4.78 is 32.8. The molecule has 5 atom stereocenters. The van der Waals surface area contributed by atoms with Crippen LogP contribution >= 0.6 is 0 Å². The van der Waals surface area contributed by atoms with Crippen LogP contribution < -0.4 is 15.4 Å². The molecule has 12 heteroatoms. The van der Waals surface area contributed by atoms with Crippen LogP contribution in [0.3, 0.4) is 0 Å². The number of likely N-dealkylation sites (N-methyl/N-ethyl adjacent to an activating group) is 2. The monoisotopic (exact) mass is 643 g/mol. The number of aromatic nitrogens is 1. The second-order valence-electron chi connectivity index (χ2n) is 12.5. The summed E-state index contributed by atoms with van der Waals surface area (Å²) in [6, 6.07) is 12.5. The number of hydrogen-bond acceptors (Lipinski definition) is 9. The second kappa shape index (κ2) is 12.3. The van der Waals surface area contributed by atoms with Crippen molar-refractivity contribution >= 4 is 17.5 Å². The number of pyridine rings is 1. The summed E-state index contributed by atoms with van der Waals surface area (Å²) in [6.07, 6.45) is 2.55. The first kappa shape index (κ1) is 31.3. The molecular weight excluding hydrogens is 605 g/mol. The molecule has 2 fully saturated rings. The van der Waals surface area contributed by atoms with Crippen LogP contribution in [-0.4, -0.2) is 90.7 Å². The van der Waals surface area contributed by atoms with Crippen LogP contribution in [0.1, 0.15) is 35.6 Å². The van der Waals surface area contributed by atoms with Crippen molar-refractivity contribution in [3.63, 3.8) is 0 Å². The Hall–Kier alpha value is -4.36. The van der Waals surface area contributed by atoms with Gasteiger partial charge in [0.2, 0.25) is 5.88 Å². The van der Waals surface area contributed by atoms with E-state index in [1.807, 2.05) is 25.1 Å². The molecule has 246 valence electrons. The predicted octanol–water partition coefficient (Wildman–Crippen LogP) is 3.51. The van der Waals surface area contributed by atoms with Crippen molar-refractivity contribution in [3.05, 3.63) is 76.7 Å². The maximum atomic E-state index is 16.1. The van der Waals surface area contributed by atoms with Crippen molar-refractivity contribution in [3.8, 4) is 28.3 Å². The second-order valence-corrected chi connectivity index (χ2v) is 12.5. The number of nitrogens with zero attached hydrogens (tertiary/aromatic N) is 3. The van der Waals surface area contributed by atoms with E-state index in [9.17, 15) is 14.7 Å².